The first-order chi connectivity index (χ1) is 8.37. The molecular weight excluding hydrogens is 272 g/mol. The van der Waals surface area contributed by atoms with Gasteiger partial charge in [0, 0.05) is 12.6 Å². The molecule has 0 fully saturated rings. The van der Waals surface area contributed by atoms with Gasteiger partial charge in [-0.25, -0.2) is 8.42 Å². The molecule has 1 rings (SSSR count). The Morgan fingerprint density at radius 2 is 2.17 bits per heavy atom. The third kappa shape index (κ3) is 3.79. The molecule has 1 amide bonds. The number of hydrogen-bond donors (Lipinski definition) is 1. The molecule has 18 heavy (non-hydrogen) atoms. The Labute approximate surface area is 112 Å². The van der Waals surface area contributed by atoms with E-state index in [0.717, 1.165) is 11.3 Å². The molecule has 0 bridgehead atoms. The van der Waals surface area contributed by atoms with E-state index in [1.165, 1.54) is 4.31 Å². The normalized spacial score (nSPS) is 12.1. The van der Waals surface area contributed by atoms with E-state index in [2.05, 4.69) is 5.32 Å². The molecule has 0 spiro atoms. The van der Waals surface area contributed by atoms with Crippen molar-refractivity contribution in [3.63, 3.8) is 0 Å². The fraction of sp³-hybridized carbons (Fsp3) is 0.545. The molecule has 102 valence electrons. The summed E-state index contributed by atoms with van der Waals surface area (Å²) >= 11 is 1.15. The van der Waals surface area contributed by atoms with E-state index in [0.29, 0.717) is 0 Å². The van der Waals surface area contributed by atoms with Crippen molar-refractivity contribution in [1.29, 1.82) is 0 Å². The van der Waals surface area contributed by atoms with E-state index in [-0.39, 0.29) is 29.2 Å². The van der Waals surface area contributed by atoms with Crippen LogP contribution in [0.15, 0.2) is 21.7 Å². The van der Waals surface area contributed by atoms with Crippen LogP contribution in [-0.2, 0) is 14.8 Å². The van der Waals surface area contributed by atoms with E-state index in [9.17, 15) is 13.2 Å². The fourth-order valence-corrected chi connectivity index (χ4v) is 3.98. The molecule has 5 nitrogen and oxygen atoms in total. The van der Waals surface area contributed by atoms with E-state index < -0.39 is 10.0 Å². The van der Waals surface area contributed by atoms with Crippen LogP contribution in [0.5, 0.6) is 0 Å². The van der Waals surface area contributed by atoms with Gasteiger partial charge in [0.05, 0.1) is 6.54 Å². The van der Waals surface area contributed by atoms with Gasteiger partial charge in [0.25, 0.3) is 10.0 Å². The van der Waals surface area contributed by atoms with Gasteiger partial charge in [-0.2, -0.15) is 4.31 Å². The Balaban J connectivity index is 2.81. The minimum absolute atomic E-state index is 0.000600. The Morgan fingerprint density at radius 1 is 1.50 bits per heavy atom. The molecule has 0 radical (unpaired) electrons. The maximum atomic E-state index is 12.2. The Bertz CT molecular complexity index is 480. The second-order valence-corrected chi connectivity index (χ2v) is 7.20. The lowest BCUT2D eigenvalue weighted by molar-refractivity contribution is -0.121. The summed E-state index contributed by atoms with van der Waals surface area (Å²) in [6.45, 7) is 5.51. The lowest BCUT2D eigenvalue weighted by atomic mass is 10.4. The van der Waals surface area contributed by atoms with E-state index in [1.54, 1.807) is 24.4 Å². The van der Waals surface area contributed by atoms with Crippen LogP contribution in [0.2, 0.25) is 0 Å². The van der Waals surface area contributed by atoms with Crippen LogP contribution < -0.4 is 5.32 Å². The van der Waals surface area contributed by atoms with Gasteiger partial charge in [-0.05, 0) is 25.3 Å². The van der Waals surface area contributed by atoms with Crippen molar-refractivity contribution >= 4 is 27.3 Å². The van der Waals surface area contributed by atoms with Crippen LogP contribution in [0.3, 0.4) is 0 Å². The molecule has 0 saturated heterocycles. The second-order valence-electron chi connectivity index (χ2n) is 4.09. The zero-order valence-electron chi connectivity index (χ0n) is 10.7. The van der Waals surface area contributed by atoms with E-state index in [1.807, 2.05) is 13.8 Å². The topological polar surface area (TPSA) is 66.5 Å². The highest BCUT2D eigenvalue weighted by Crippen LogP contribution is 2.20. The lowest BCUT2D eigenvalue weighted by Crippen LogP contribution is -2.42. The maximum absolute atomic E-state index is 12.2. The van der Waals surface area contributed by atoms with Gasteiger partial charge in [-0.1, -0.05) is 13.0 Å². The zero-order chi connectivity index (χ0) is 13.8. The zero-order valence-corrected chi connectivity index (χ0v) is 12.3. The molecule has 0 aliphatic rings. The molecule has 1 heterocycles. The first-order valence-corrected chi connectivity index (χ1v) is 8.03. The number of nitrogens with one attached hydrogen (secondary N) is 1. The summed E-state index contributed by atoms with van der Waals surface area (Å²) in [6, 6.07) is 3.23. The quantitative estimate of drug-likeness (QED) is 0.858. The highest BCUT2D eigenvalue weighted by molar-refractivity contribution is 7.91. The number of thiophene rings is 1. The predicted octanol–water partition coefficient (Wildman–Crippen LogP) is 1.28. The number of sulfonamides is 1. The van der Waals surface area contributed by atoms with Crippen molar-refractivity contribution in [2.24, 2.45) is 0 Å². The number of hydrogen-bond acceptors (Lipinski definition) is 4. The summed E-state index contributed by atoms with van der Waals surface area (Å²) in [5, 5.41) is 4.39. The Morgan fingerprint density at radius 3 is 2.61 bits per heavy atom. The maximum Gasteiger partial charge on any atom is 0.253 e. The van der Waals surface area contributed by atoms with Crippen LogP contribution in [0.25, 0.3) is 0 Å². The summed E-state index contributed by atoms with van der Waals surface area (Å²) in [6.07, 6.45) is 0. The minimum Gasteiger partial charge on any atom is -0.353 e. The van der Waals surface area contributed by atoms with Crippen molar-refractivity contribution < 1.29 is 13.2 Å². The van der Waals surface area contributed by atoms with Gasteiger partial charge < -0.3 is 5.32 Å². The molecule has 0 unspecified atom stereocenters. The molecule has 0 aliphatic carbocycles. The van der Waals surface area contributed by atoms with Crippen LogP contribution in [-0.4, -0.2) is 37.8 Å². The van der Waals surface area contributed by atoms with Crippen LogP contribution in [0, 0.1) is 0 Å². The largest absolute Gasteiger partial charge is 0.353 e. The van der Waals surface area contributed by atoms with Gasteiger partial charge >= 0.3 is 0 Å². The van der Waals surface area contributed by atoms with Crippen LogP contribution in [0.4, 0.5) is 0 Å². The summed E-state index contributed by atoms with van der Waals surface area (Å²) in [4.78, 5) is 11.6. The predicted molar refractivity (Wildman–Crippen MR) is 72.0 cm³/mol. The Hall–Kier alpha value is -0.920. The first kappa shape index (κ1) is 15.1. The number of carbonyl (C=O) groups is 1. The standard InChI is InChI=1S/C11H18N2O3S2/c1-4-13(8-10(14)12-9(2)3)18(15,16)11-6-5-7-17-11/h5-7,9H,4,8H2,1-3H3,(H,12,14). The van der Waals surface area contributed by atoms with Crippen LogP contribution >= 0.6 is 11.3 Å². The molecule has 1 aromatic rings. The lowest BCUT2D eigenvalue weighted by Gasteiger charge is -2.19. The van der Waals surface area contributed by atoms with Gasteiger partial charge in [-0.3, -0.25) is 4.79 Å². The highest BCUT2D eigenvalue weighted by Gasteiger charge is 2.26. The van der Waals surface area contributed by atoms with Gasteiger partial charge in [0.15, 0.2) is 0 Å². The van der Waals surface area contributed by atoms with Crippen molar-refractivity contribution in [3.8, 4) is 0 Å². The molecule has 7 heteroatoms. The smallest absolute Gasteiger partial charge is 0.253 e. The number of amides is 1. The third-order valence-corrected chi connectivity index (χ3v) is 5.51. The van der Waals surface area contributed by atoms with E-state index >= 15 is 0 Å². The van der Waals surface area contributed by atoms with Gasteiger partial charge in [0.1, 0.15) is 4.21 Å². The number of likely N-dealkylation sites (N-methyl/N-ethyl adjacent to an activating group) is 1. The Kier molecular flexibility index (Phi) is 5.30. The molecule has 0 aromatic carbocycles. The average Bonchev–Trinajstić information content (AvgIpc) is 2.78. The van der Waals surface area contributed by atoms with Crippen molar-refractivity contribution in [2.75, 3.05) is 13.1 Å². The van der Waals surface area contributed by atoms with Crippen molar-refractivity contribution in [2.45, 2.75) is 31.0 Å². The average molecular weight is 290 g/mol. The summed E-state index contributed by atoms with van der Waals surface area (Å²) in [7, 11) is -3.55. The van der Waals surface area contributed by atoms with E-state index in [4.69, 9.17) is 0 Å². The number of nitrogens with zero attached hydrogens (tertiary/aromatic N) is 1. The first-order valence-electron chi connectivity index (χ1n) is 5.71. The van der Waals surface area contributed by atoms with Crippen molar-refractivity contribution in [1.82, 2.24) is 9.62 Å². The fourth-order valence-electron chi connectivity index (χ4n) is 1.43. The third-order valence-electron chi connectivity index (χ3n) is 2.21. The number of rotatable bonds is 6. The minimum atomic E-state index is -3.55. The van der Waals surface area contributed by atoms with Crippen LogP contribution in [0.1, 0.15) is 20.8 Å². The van der Waals surface area contributed by atoms with Crippen molar-refractivity contribution in [3.05, 3.63) is 17.5 Å². The molecule has 1 N–H and O–H groups in total. The monoisotopic (exact) mass is 290 g/mol. The highest BCUT2D eigenvalue weighted by atomic mass is 32.2. The summed E-state index contributed by atoms with van der Waals surface area (Å²) < 4.78 is 25.8. The molecule has 0 atom stereocenters. The number of carbonyl (C=O) groups excluding carboxylic acids is 1. The molecular formula is C11H18N2O3S2. The van der Waals surface area contributed by atoms with Gasteiger partial charge in [-0.15, -0.1) is 11.3 Å². The summed E-state index contributed by atoms with van der Waals surface area (Å²) in [5.74, 6) is -0.285. The SMILES string of the molecule is CCN(CC(=O)NC(C)C)S(=O)(=O)c1cccs1. The molecule has 0 saturated carbocycles. The second kappa shape index (κ2) is 6.31. The molecule has 0 aliphatic heterocycles. The summed E-state index contributed by atoms with van der Waals surface area (Å²) in [5.41, 5.74) is 0. The molecule has 1 aromatic heterocycles. The van der Waals surface area contributed by atoms with Gasteiger partial charge in [0.2, 0.25) is 5.91 Å².